The Morgan fingerprint density at radius 2 is 2.03 bits per heavy atom. The number of hydrogen-bond donors (Lipinski definition) is 2. The van der Waals surface area contributed by atoms with E-state index in [-0.39, 0.29) is 11.5 Å². The van der Waals surface area contributed by atoms with Crippen molar-refractivity contribution in [3.8, 4) is 5.75 Å². The summed E-state index contributed by atoms with van der Waals surface area (Å²) in [5.41, 5.74) is -0.522. The molecule has 7 nitrogen and oxygen atoms in total. The number of aryl methyl sites for hydroxylation is 1. The number of benzene rings is 2. The van der Waals surface area contributed by atoms with Crippen molar-refractivity contribution in [3.05, 3.63) is 53.1 Å². The van der Waals surface area contributed by atoms with Crippen LogP contribution in [-0.4, -0.2) is 40.2 Å². The van der Waals surface area contributed by atoms with Gasteiger partial charge in [-0.05, 0) is 26.0 Å². The summed E-state index contributed by atoms with van der Waals surface area (Å²) in [4.78, 5) is 23.2. The number of carbonyl (C=O) groups excluding carboxylic acids is 1. The fourth-order valence-corrected chi connectivity index (χ4v) is 4.35. The van der Waals surface area contributed by atoms with E-state index in [0.717, 1.165) is 6.07 Å². The van der Waals surface area contributed by atoms with Gasteiger partial charge in [0.1, 0.15) is 29.8 Å². The maximum Gasteiger partial charge on any atom is 0.298 e. The lowest BCUT2D eigenvalue weighted by Crippen LogP contribution is -2.45. The third kappa shape index (κ3) is 3.44. The van der Waals surface area contributed by atoms with E-state index >= 15 is 0 Å². The summed E-state index contributed by atoms with van der Waals surface area (Å²) < 4.78 is 49.0. The molecule has 0 saturated heterocycles. The van der Waals surface area contributed by atoms with Crippen LogP contribution in [-0.2, 0) is 10.7 Å². The Morgan fingerprint density at radius 1 is 1.29 bits per heavy atom. The van der Waals surface area contributed by atoms with Gasteiger partial charge in [0.15, 0.2) is 5.60 Å². The highest BCUT2D eigenvalue weighted by Gasteiger charge is 2.57. The molecule has 2 N–H and O–H groups in total. The van der Waals surface area contributed by atoms with Crippen molar-refractivity contribution in [2.75, 3.05) is 23.9 Å². The number of nitrogens with zero attached hydrogens (tertiary/aromatic N) is 3. The molecule has 10 heteroatoms. The molecular weight excluding hydrogens is 449 g/mol. The Kier molecular flexibility index (Phi) is 4.98. The molecule has 2 heterocycles. The minimum absolute atomic E-state index is 0.000644. The lowest BCUT2D eigenvalue weighted by molar-refractivity contribution is -0.127. The number of alkyl halides is 2. The van der Waals surface area contributed by atoms with Crippen LogP contribution in [0.4, 0.5) is 24.7 Å². The van der Waals surface area contributed by atoms with Crippen LogP contribution in [0.3, 0.4) is 0 Å². The molecule has 1 atom stereocenters. The zero-order valence-corrected chi connectivity index (χ0v) is 18.8. The maximum absolute atomic E-state index is 15.0. The zero-order valence-electron chi connectivity index (χ0n) is 18.8. The van der Waals surface area contributed by atoms with Gasteiger partial charge in [0.05, 0.1) is 22.8 Å². The van der Waals surface area contributed by atoms with Crippen molar-refractivity contribution < 1.29 is 27.8 Å². The van der Waals surface area contributed by atoms with Crippen molar-refractivity contribution in [2.24, 2.45) is 0 Å². The number of aliphatic hydroxyl groups excluding tert-OH is 1. The van der Waals surface area contributed by atoms with Crippen LogP contribution in [0.25, 0.3) is 10.9 Å². The van der Waals surface area contributed by atoms with Gasteiger partial charge in [0.25, 0.3) is 11.8 Å². The predicted octanol–water partition coefficient (Wildman–Crippen LogP) is 4.22. The van der Waals surface area contributed by atoms with E-state index in [2.05, 4.69) is 15.3 Å². The molecule has 1 spiro atoms. The average Bonchev–Trinajstić information content (AvgIpc) is 3.56. The van der Waals surface area contributed by atoms with Crippen LogP contribution in [0.15, 0.2) is 30.3 Å². The van der Waals surface area contributed by atoms with Gasteiger partial charge in [-0.25, -0.2) is 14.4 Å². The molecule has 2 aliphatic rings. The number of rotatable bonds is 5. The summed E-state index contributed by atoms with van der Waals surface area (Å²) in [7, 11) is 1.68. The molecular formula is C24H23F3N4O3. The number of likely N-dealkylation sites (N-methyl/N-ethyl adjacent to an activating group) is 1. The van der Waals surface area contributed by atoms with E-state index < -0.39 is 35.6 Å². The number of carbonyl (C=O) groups is 1. The van der Waals surface area contributed by atoms with E-state index in [0.29, 0.717) is 46.8 Å². The number of fused-ring (bicyclic) bond motifs is 2. The highest BCUT2D eigenvalue weighted by molar-refractivity contribution is 6.07. The number of amides is 1. The summed E-state index contributed by atoms with van der Waals surface area (Å²) in [5.74, 6) is -3.54. The maximum atomic E-state index is 15.0. The molecule has 34 heavy (non-hydrogen) atoms. The fourth-order valence-electron chi connectivity index (χ4n) is 4.35. The predicted molar refractivity (Wildman–Crippen MR) is 120 cm³/mol. The van der Waals surface area contributed by atoms with Crippen LogP contribution in [0.5, 0.6) is 5.75 Å². The van der Waals surface area contributed by atoms with Gasteiger partial charge >= 0.3 is 0 Å². The minimum Gasteiger partial charge on any atom is -0.475 e. The second-order valence-electron chi connectivity index (χ2n) is 8.85. The molecule has 1 aromatic heterocycles. The SMILES string of the molecule is Cc1nc(N[C@H](C)c2cccc(C(F)(F)CO)c2F)c2cc3c(cc2n1)OC1(CC1)C(=O)N3C. The molecule has 0 unspecified atom stereocenters. The third-order valence-electron chi connectivity index (χ3n) is 6.39. The van der Waals surface area contributed by atoms with Gasteiger partial charge < -0.3 is 20.1 Å². The first-order valence-electron chi connectivity index (χ1n) is 10.9. The van der Waals surface area contributed by atoms with Gasteiger partial charge in [0.2, 0.25) is 0 Å². The first-order valence-corrected chi connectivity index (χ1v) is 10.9. The second kappa shape index (κ2) is 7.56. The van der Waals surface area contributed by atoms with Crippen LogP contribution in [0, 0.1) is 12.7 Å². The van der Waals surface area contributed by atoms with Crippen molar-refractivity contribution in [1.29, 1.82) is 0 Å². The normalized spacial score (nSPS) is 17.5. The molecule has 3 aromatic rings. The van der Waals surface area contributed by atoms with Gasteiger partial charge in [-0.15, -0.1) is 0 Å². The zero-order chi connectivity index (χ0) is 24.4. The fraction of sp³-hybridized carbons (Fsp3) is 0.375. The Bertz CT molecular complexity index is 1330. The van der Waals surface area contributed by atoms with E-state index in [1.807, 2.05) is 0 Å². The Morgan fingerprint density at radius 3 is 2.71 bits per heavy atom. The van der Waals surface area contributed by atoms with Crippen LogP contribution >= 0.6 is 0 Å². The smallest absolute Gasteiger partial charge is 0.298 e. The van der Waals surface area contributed by atoms with Crippen molar-refractivity contribution in [1.82, 2.24) is 9.97 Å². The molecule has 0 radical (unpaired) electrons. The number of hydrogen-bond acceptors (Lipinski definition) is 6. The molecule has 1 amide bonds. The van der Waals surface area contributed by atoms with Crippen molar-refractivity contribution in [2.45, 2.75) is 44.3 Å². The molecule has 1 fully saturated rings. The lowest BCUT2D eigenvalue weighted by Gasteiger charge is -2.32. The molecule has 178 valence electrons. The van der Waals surface area contributed by atoms with Crippen LogP contribution in [0.1, 0.15) is 42.8 Å². The standard InChI is InChI=1S/C24H23F3N4O3/c1-12(14-5-4-6-16(20(14)25)24(26,27)11-32)28-21-15-9-18-19(10-17(15)29-13(2)30-21)34-23(7-8-23)22(33)31(18)3/h4-6,9-10,12,32H,7-8,11H2,1-3H3,(H,28,29,30)/t12-/m1/s1. The monoisotopic (exact) mass is 472 g/mol. The number of aliphatic hydroxyl groups is 1. The van der Waals surface area contributed by atoms with Gasteiger partial charge in [-0.2, -0.15) is 8.78 Å². The van der Waals surface area contributed by atoms with Crippen LogP contribution in [0.2, 0.25) is 0 Å². The average molecular weight is 472 g/mol. The van der Waals surface area contributed by atoms with E-state index in [1.165, 1.54) is 12.1 Å². The molecule has 2 aromatic carbocycles. The quantitative estimate of drug-likeness (QED) is 0.578. The number of halogens is 3. The third-order valence-corrected chi connectivity index (χ3v) is 6.39. The summed E-state index contributed by atoms with van der Waals surface area (Å²) >= 11 is 0. The summed E-state index contributed by atoms with van der Waals surface area (Å²) in [6, 6.07) is 6.42. The van der Waals surface area contributed by atoms with Crippen molar-refractivity contribution >= 4 is 28.3 Å². The van der Waals surface area contributed by atoms with E-state index in [4.69, 9.17) is 9.84 Å². The molecule has 1 saturated carbocycles. The van der Waals surface area contributed by atoms with Gasteiger partial charge in [-0.3, -0.25) is 4.79 Å². The van der Waals surface area contributed by atoms with E-state index in [1.54, 1.807) is 37.9 Å². The van der Waals surface area contributed by atoms with Crippen LogP contribution < -0.4 is 15.0 Å². The molecule has 5 rings (SSSR count). The summed E-state index contributed by atoms with van der Waals surface area (Å²) in [5, 5.41) is 12.6. The number of aromatic nitrogens is 2. The molecule has 1 aliphatic carbocycles. The lowest BCUT2D eigenvalue weighted by atomic mass is 10.00. The number of anilines is 2. The Labute approximate surface area is 193 Å². The summed E-state index contributed by atoms with van der Waals surface area (Å²) in [6.45, 7) is 1.83. The highest BCUT2D eigenvalue weighted by atomic mass is 19.3. The second-order valence-corrected chi connectivity index (χ2v) is 8.85. The minimum atomic E-state index is -3.70. The van der Waals surface area contributed by atoms with Gasteiger partial charge in [0, 0.05) is 36.9 Å². The number of ether oxygens (including phenoxy) is 1. The molecule has 0 bridgehead atoms. The Balaban J connectivity index is 1.55. The first-order chi connectivity index (χ1) is 16.1. The first kappa shape index (κ1) is 22.4. The van der Waals surface area contributed by atoms with Crippen molar-refractivity contribution in [3.63, 3.8) is 0 Å². The molecule has 1 aliphatic heterocycles. The highest BCUT2D eigenvalue weighted by Crippen LogP contribution is 2.50. The van der Waals surface area contributed by atoms with Gasteiger partial charge in [-0.1, -0.05) is 12.1 Å². The summed E-state index contributed by atoms with van der Waals surface area (Å²) in [6.07, 6.45) is 1.33. The topological polar surface area (TPSA) is 87.6 Å². The largest absolute Gasteiger partial charge is 0.475 e. The van der Waals surface area contributed by atoms with E-state index in [9.17, 15) is 18.0 Å². The number of nitrogens with one attached hydrogen (secondary N) is 1. The Hall–Kier alpha value is -3.40.